The second-order valence-corrected chi connectivity index (χ2v) is 10.2. The zero-order valence-electron chi connectivity index (χ0n) is 21.4. The molecule has 0 fully saturated rings. The SMILES string of the molecule is CCC/C(=C/c1ccc(OCC[N+](C)(C)C)cc1)c1ccc(OCC[N+](C)(C)C)cc1.[I-].[I-]. The highest BCUT2D eigenvalue weighted by atomic mass is 127. The summed E-state index contributed by atoms with van der Waals surface area (Å²) in [5.74, 6) is 1.86. The molecule has 0 aliphatic carbocycles. The molecule has 0 heterocycles. The van der Waals surface area contributed by atoms with Gasteiger partial charge in [0.15, 0.2) is 0 Å². The fourth-order valence-electron chi connectivity index (χ4n) is 3.07. The van der Waals surface area contributed by atoms with E-state index < -0.39 is 0 Å². The summed E-state index contributed by atoms with van der Waals surface area (Å²) < 4.78 is 13.6. The largest absolute Gasteiger partial charge is 1.00 e. The average molecular weight is 680 g/mol. The monoisotopic (exact) mass is 680 g/mol. The highest BCUT2D eigenvalue weighted by molar-refractivity contribution is 5.81. The van der Waals surface area contributed by atoms with Gasteiger partial charge in [0.1, 0.15) is 37.8 Å². The van der Waals surface area contributed by atoms with Crippen LogP contribution < -0.4 is 57.4 Å². The molecule has 0 saturated heterocycles. The zero-order valence-corrected chi connectivity index (χ0v) is 25.7. The number of halogens is 2. The minimum atomic E-state index is 0. The molecule has 33 heavy (non-hydrogen) atoms. The lowest BCUT2D eigenvalue weighted by atomic mass is 9.98. The van der Waals surface area contributed by atoms with Crippen LogP contribution in [0.3, 0.4) is 0 Å². The van der Waals surface area contributed by atoms with Gasteiger partial charge in [-0.15, -0.1) is 0 Å². The number of hydrogen-bond acceptors (Lipinski definition) is 2. The van der Waals surface area contributed by atoms with Crippen LogP contribution >= 0.6 is 0 Å². The topological polar surface area (TPSA) is 18.5 Å². The number of quaternary nitrogens is 2. The zero-order chi connectivity index (χ0) is 22.9. The number of allylic oxidation sites excluding steroid dienone is 1. The van der Waals surface area contributed by atoms with Crippen molar-refractivity contribution in [1.29, 1.82) is 0 Å². The van der Waals surface area contributed by atoms with Gasteiger partial charge in [-0.3, -0.25) is 0 Å². The fourth-order valence-corrected chi connectivity index (χ4v) is 3.07. The molecule has 2 aromatic rings. The molecule has 0 atom stereocenters. The Labute approximate surface area is 236 Å². The molecule has 0 unspecified atom stereocenters. The number of hydrogen-bond donors (Lipinski definition) is 0. The van der Waals surface area contributed by atoms with Crippen LogP contribution in [0.4, 0.5) is 0 Å². The summed E-state index contributed by atoms with van der Waals surface area (Å²) in [5.41, 5.74) is 3.80. The third kappa shape index (κ3) is 13.6. The molecule has 2 rings (SSSR count). The predicted octanol–water partition coefficient (Wildman–Crippen LogP) is -0.795. The second kappa shape index (κ2) is 15.2. The van der Waals surface area contributed by atoms with Crippen molar-refractivity contribution in [3.8, 4) is 11.5 Å². The normalized spacial score (nSPS) is 11.9. The molecule has 0 spiro atoms. The van der Waals surface area contributed by atoms with Crippen LogP contribution in [0.1, 0.15) is 30.9 Å². The van der Waals surface area contributed by atoms with Crippen LogP contribution in [0.5, 0.6) is 11.5 Å². The lowest BCUT2D eigenvalue weighted by Gasteiger charge is -2.23. The van der Waals surface area contributed by atoms with Gasteiger partial charge in [-0.1, -0.05) is 43.7 Å². The number of ether oxygens (including phenoxy) is 2. The number of likely N-dealkylation sites (N-methyl/N-ethyl adjacent to an activating group) is 2. The van der Waals surface area contributed by atoms with Gasteiger partial charge < -0.3 is 66.4 Å². The van der Waals surface area contributed by atoms with E-state index in [0.29, 0.717) is 0 Å². The van der Waals surface area contributed by atoms with Gasteiger partial charge in [0.05, 0.1) is 42.3 Å². The van der Waals surface area contributed by atoms with Crippen molar-refractivity contribution < 1.29 is 66.4 Å². The predicted molar refractivity (Wildman–Crippen MR) is 132 cm³/mol. The first-order valence-electron chi connectivity index (χ1n) is 11.3. The first-order chi connectivity index (χ1) is 14.6. The van der Waals surface area contributed by atoms with Gasteiger partial charge in [0, 0.05) is 0 Å². The molecule has 0 N–H and O–H groups in total. The molecule has 0 aliphatic heterocycles. The maximum atomic E-state index is 5.91. The molecule has 0 aliphatic rings. The maximum Gasteiger partial charge on any atom is 0.137 e. The van der Waals surface area contributed by atoms with Gasteiger partial charge in [-0.2, -0.15) is 0 Å². The van der Waals surface area contributed by atoms with Gasteiger partial charge in [0.25, 0.3) is 0 Å². The van der Waals surface area contributed by atoms with E-state index in [1.54, 1.807) is 0 Å². The minimum absolute atomic E-state index is 0. The quantitative estimate of drug-likeness (QED) is 0.166. The van der Waals surface area contributed by atoms with Crippen LogP contribution in [0.25, 0.3) is 11.6 Å². The number of benzene rings is 2. The Kier molecular flexibility index (Phi) is 14.8. The van der Waals surface area contributed by atoms with Crippen molar-refractivity contribution in [2.45, 2.75) is 19.8 Å². The maximum absolute atomic E-state index is 5.91. The third-order valence-corrected chi connectivity index (χ3v) is 5.03. The van der Waals surface area contributed by atoms with E-state index in [4.69, 9.17) is 9.47 Å². The Bertz CT molecular complexity index is 821. The van der Waals surface area contributed by atoms with E-state index in [9.17, 15) is 0 Å². The molecular weight excluding hydrogens is 638 g/mol. The Morgan fingerprint density at radius 3 is 1.52 bits per heavy atom. The van der Waals surface area contributed by atoms with E-state index in [-0.39, 0.29) is 48.0 Å². The van der Waals surface area contributed by atoms with Crippen LogP contribution in [0.2, 0.25) is 0 Å². The van der Waals surface area contributed by atoms with Crippen LogP contribution in [0, 0.1) is 0 Å². The molecule has 0 radical (unpaired) electrons. The van der Waals surface area contributed by atoms with Crippen molar-refractivity contribution in [2.24, 2.45) is 0 Å². The van der Waals surface area contributed by atoms with Crippen LogP contribution in [0.15, 0.2) is 48.5 Å². The van der Waals surface area contributed by atoms with Crippen molar-refractivity contribution in [3.05, 3.63) is 59.7 Å². The molecule has 2 aromatic carbocycles. The highest BCUT2D eigenvalue weighted by Gasteiger charge is 2.08. The average Bonchev–Trinajstić information content (AvgIpc) is 2.68. The van der Waals surface area contributed by atoms with Crippen LogP contribution in [-0.2, 0) is 0 Å². The minimum Gasteiger partial charge on any atom is -1.00 e. The molecule has 186 valence electrons. The highest BCUT2D eigenvalue weighted by Crippen LogP contribution is 2.26. The molecule has 0 saturated carbocycles. The van der Waals surface area contributed by atoms with E-state index in [1.807, 2.05) is 0 Å². The first kappa shape index (κ1) is 32.2. The van der Waals surface area contributed by atoms with Gasteiger partial charge in [-0.05, 0) is 47.4 Å². The number of rotatable bonds is 12. The fraction of sp³-hybridized carbons (Fsp3) is 0.481. The summed E-state index contributed by atoms with van der Waals surface area (Å²) in [5, 5.41) is 0. The van der Waals surface area contributed by atoms with E-state index in [1.165, 1.54) is 16.7 Å². The van der Waals surface area contributed by atoms with E-state index in [2.05, 4.69) is 104 Å². The number of nitrogens with zero attached hydrogens (tertiary/aromatic N) is 2. The van der Waals surface area contributed by atoms with Gasteiger partial charge >= 0.3 is 0 Å². The van der Waals surface area contributed by atoms with Gasteiger partial charge in [-0.25, -0.2) is 0 Å². The van der Waals surface area contributed by atoms with E-state index in [0.717, 1.165) is 59.6 Å². The van der Waals surface area contributed by atoms with Crippen molar-refractivity contribution >= 4 is 11.6 Å². The van der Waals surface area contributed by atoms with Crippen molar-refractivity contribution in [3.63, 3.8) is 0 Å². The first-order valence-corrected chi connectivity index (χ1v) is 11.3. The summed E-state index contributed by atoms with van der Waals surface area (Å²) in [6.45, 7) is 5.64. The van der Waals surface area contributed by atoms with Crippen LogP contribution in [-0.4, -0.2) is 77.6 Å². The molecule has 6 heteroatoms. The van der Waals surface area contributed by atoms with Crippen molar-refractivity contribution in [2.75, 3.05) is 68.6 Å². The third-order valence-electron chi connectivity index (χ3n) is 5.03. The Morgan fingerprint density at radius 1 is 0.697 bits per heavy atom. The summed E-state index contributed by atoms with van der Waals surface area (Å²) >= 11 is 0. The molecule has 0 aromatic heterocycles. The summed E-state index contributed by atoms with van der Waals surface area (Å²) in [6.07, 6.45) is 4.44. The van der Waals surface area contributed by atoms with Gasteiger partial charge in [0.2, 0.25) is 0 Å². The standard InChI is InChI=1S/C27H42N2O2.2HI/c1-8-9-25(24-12-16-27(17-13-24)31-21-19-29(5,6)7)22-23-10-14-26(15-11-23)30-20-18-28(2,3)4;;/h10-17,22H,8-9,18-21H2,1-7H3;2*1H/q+2;;/p-2/b25-22-;;. The molecule has 4 nitrogen and oxygen atoms in total. The van der Waals surface area contributed by atoms with Crippen molar-refractivity contribution in [1.82, 2.24) is 0 Å². The Hall–Kier alpha value is -0.840. The second-order valence-electron chi connectivity index (χ2n) is 10.2. The lowest BCUT2D eigenvalue weighted by Crippen LogP contribution is -3.00. The Morgan fingerprint density at radius 2 is 1.12 bits per heavy atom. The summed E-state index contributed by atoms with van der Waals surface area (Å²) in [4.78, 5) is 0. The van der Waals surface area contributed by atoms with E-state index >= 15 is 0 Å². The summed E-state index contributed by atoms with van der Waals surface area (Å²) in [6, 6.07) is 16.9. The molecule has 0 amide bonds. The summed E-state index contributed by atoms with van der Waals surface area (Å²) in [7, 11) is 13.1. The molecular formula is C27H42I2N2O2. The lowest BCUT2D eigenvalue weighted by molar-refractivity contribution is -0.870. The smallest absolute Gasteiger partial charge is 0.137 e. The molecule has 0 bridgehead atoms. The Balaban J connectivity index is 0.00000512.